The van der Waals surface area contributed by atoms with Gasteiger partial charge < -0.3 is 87.0 Å². The maximum Gasteiger partial charge on any atom is 0.363 e. The molecule has 0 spiro atoms. The Hall–Kier alpha value is -16.8. The number of nitro groups is 2. The first-order valence-corrected chi connectivity index (χ1v) is 41.7. The van der Waals surface area contributed by atoms with E-state index in [1.54, 1.807) is 96.8 Å². The highest BCUT2D eigenvalue weighted by molar-refractivity contribution is 9.10. The van der Waals surface area contributed by atoms with E-state index in [9.17, 15) is 84.9 Å². The monoisotopic (exact) mass is 1960 g/mol. The molecule has 0 unspecified atom stereocenters. The van der Waals surface area contributed by atoms with E-state index in [0.29, 0.717) is 102 Å². The average molecular weight is 1960 g/mol. The molecular formula is C94H83BrClF6N19O16. The van der Waals surface area contributed by atoms with Crippen LogP contribution in [0.1, 0.15) is 116 Å². The highest BCUT2D eigenvalue weighted by Crippen LogP contribution is 2.39. The number of benzene rings is 5. The van der Waals surface area contributed by atoms with Crippen molar-refractivity contribution in [1.29, 1.82) is 0 Å². The molecule has 0 saturated carbocycles. The van der Waals surface area contributed by atoms with Crippen molar-refractivity contribution in [2.75, 3.05) is 55.4 Å². The molecule has 0 saturated heterocycles. The van der Waals surface area contributed by atoms with E-state index in [1.165, 1.54) is 153 Å². The summed E-state index contributed by atoms with van der Waals surface area (Å²) in [4.78, 5) is 147. The molecule has 0 atom stereocenters. The van der Waals surface area contributed by atoms with Gasteiger partial charge in [-0.25, -0.2) is 46.3 Å². The number of ether oxygens (including phenoxy) is 4. The van der Waals surface area contributed by atoms with Crippen molar-refractivity contribution >= 4 is 115 Å². The molecule has 0 bridgehead atoms. The van der Waals surface area contributed by atoms with Crippen LogP contribution in [0, 0.1) is 55.1 Å². The van der Waals surface area contributed by atoms with Gasteiger partial charge >= 0.3 is 11.6 Å². The third-order valence-electron chi connectivity index (χ3n) is 19.4. The minimum absolute atomic E-state index is 0.0472. The molecular weight excluding hydrogens is 1880 g/mol. The van der Waals surface area contributed by atoms with Crippen LogP contribution in [-0.4, -0.2) is 135 Å². The first kappa shape index (κ1) is 102. The second kappa shape index (κ2) is 47.5. The number of fused-ring (bicyclic) bond motifs is 3. The Morgan fingerprint density at radius 3 is 1.15 bits per heavy atom. The zero-order chi connectivity index (χ0) is 99.6. The molecule has 137 heavy (non-hydrogen) atoms. The third kappa shape index (κ3) is 27.9. The van der Waals surface area contributed by atoms with Gasteiger partial charge in [0.05, 0.1) is 180 Å². The predicted octanol–water partition coefficient (Wildman–Crippen LogP) is 16.0. The fraction of sp³-hybridized carbons (Fsp3) is 0.170. The number of methoxy groups -OCH3 is 4. The van der Waals surface area contributed by atoms with Crippen LogP contribution in [0.15, 0.2) is 205 Å². The Kier molecular flexibility index (Phi) is 35.5. The molecule has 0 radical (unpaired) electrons. The highest BCUT2D eigenvalue weighted by atomic mass is 79.9. The SMILES string of the molecule is CC(=O)Nc1ccc(Cc2cc(-c3c(F)cccc3F)nc3c2C(=O)NC3)nc1.CC(=O)Nc1ccc(N)nc1.CC(=O)Nc1ccc([N+](=O)[O-])nc1.CC(N)=O.COc1ccc(CN2Cc3nc(-c4c(F)cccc4F)cc(Cc4ccc(NC(C)=O)cn4)c3C2=O)c(OC)c1.COc1ccc(CN2Cc3nc(-c4c(F)cccc4F)cc(Cl)c3C2=O)c(OC)c1.O=[N+]([O-])c1ccc(Br)cn1. The molecule has 9 N–H and O–H groups in total. The highest BCUT2D eigenvalue weighted by Gasteiger charge is 2.36. The summed E-state index contributed by atoms with van der Waals surface area (Å²) >= 11 is 9.43. The molecule has 5 aromatic carbocycles. The number of hydrogen-bond donors (Lipinski definition) is 7. The smallest absolute Gasteiger partial charge is 0.363 e. The molecule has 0 aliphatic carbocycles. The summed E-state index contributed by atoms with van der Waals surface area (Å²) in [5.41, 5.74) is 17.6. The number of carbonyl (C=O) groups is 8. The summed E-state index contributed by atoms with van der Waals surface area (Å²) in [5.74, 6) is -3.95. The summed E-state index contributed by atoms with van der Waals surface area (Å²) in [6.07, 6.45) is 7.63. The molecule has 35 nitrogen and oxygen atoms in total. The average Bonchev–Trinajstić information content (AvgIpc) is 1.64. The number of nitrogens with zero attached hydrogens (tertiary/aromatic N) is 12. The zero-order valence-corrected chi connectivity index (χ0v) is 76.4. The Balaban J connectivity index is 0.000000179. The minimum Gasteiger partial charge on any atom is -0.497 e. The van der Waals surface area contributed by atoms with Crippen LogP contribution in [0.25, 0.3) is 33.8 Å². The lowest BCUT2D eigenvalue weighted by Gasteiger charge is -2.18. The second-order valence-corrected chi connectivity index (χ2v) is 30.8. The van der Waals surface area contributed by atoms with Crippen LogP contribution in [-0.2, 0) is 69.5 Å². The van der Waals surface area contributed by atoms with E-state index in [4.69, 9.17) is 36.3 Å². The molecule has 16 rings (SSSR count). The van der Waals surface area contributed by atoms with Crippen LogP contribution in [0.5, 0.6) is 23.0 Å². The first-order chi connectivity index (χ1) is 65.3. The molecule has 8 aromatic heterocycles. The lowest BCUT2D eigenvalue weighted by atomic mass is 9.98. The number of primary amides is 1. The summed E-state index contributed by atoms with van der Waals surface area (Å²) in [5, 5.41) is 33.3. The number of carbonyl (C=O) groups excluding carboxylic acids is 8. The topological polar surface area (TPSA) is 482 Å². The first-order valence-electron chi connectivity index (χ1n) is 40.5. The number of amides is 8. The van der Waals surface area contributed by atoms with Crippen LogP contribution < -0.4 is 57.0 Å². The minimum atomic E-state index is -0.750. The number of hydrogen-bond acceptors (Lipinski definition) is 25. The van der Waals surface area contributed by atoms with Crippen molar-refractivity contribution in [1.82, 2.24) is 55.0 Å². The zero-order valence-electron chi connectivity index (χ0n) is 74.1. The van der Waals surface area contributed by atoms with E-state index in [0.717, 1.165) is 27.7 Å². The quantitative estimate of drug-likeness (QED) is 0.0199. The summed E-state index contributed by atoms with van der Waals surface area (Å²) in [7, 11) is 6.18. The van der Waals surface area contributed by atoms with Gasteiger partial charge in [-0.1, -0.05) is 29.8 Å². The number of nitrogens with two attached hydrogens (primary N) is 2. The van der Waals surface area contributed by atoms with Gasteiger partial charge in [-0.05, 0) is 174 Å². The fourth-order valence-corrected chi connectivity index (χ4v) is 14.1. The summed E-state index contributed by atoms with van der Waals surface area (Å²) in [6, 6.07) is 41.6. The maximum absolute atomic E-state index is 14.8. The molecule has 8 amide bonds. The fourth-order valence-electron chi connectivity index (χ4n) is 13.5. The van der Waals surface area contributed by atoms with Crippen LogP contribution in [0.3, 0.4) is 0 Å². The van der Waals surface area contributed by atoms with Crippen LogP contribution in [0.2, 0.25) is 5.02 Å². The maximum atomic E-state index is 14.8. The molecule has 3 aliphatic rings. The van der Waals surface area contributed by atoms with Gasteiger partial charge in [-0.15, -0.1) is 0 Å². The predicted molar refractivity (Wildman–Crippen MR) is 495 cm³/mol. The van der Waals surface area contributed by atoms with E-state index < -0.39 is 44.7 Å². The van der Waals surface area contributed by atoms with Gasteiger partial charge in [-0.3, -0.25) is 48.3 Å². The van der Waals surface area contributed by atoms with Crippen LogP contribution >= 0.6 is 27.5 Å². The Labute approximate surface area is 790 Å². The standard InChI is InChI=1S/C30H26F2N4O4.C22H17ClF2N2O3.C21H16F2N4O2.C7H7N3O3.C7H9N3O.C5H3BrN2O2.C2H5NO/c1-17(37)34-21-9-8-20(33-14-21)11-19-12-25(29-23(31)5-4-6-24(29)32)35-26-16-36(30(38)28(19)26)15-18-7-10-22(39-2)13-27(18)40-3;1-29-13-7-6-12(19(8-13)30-2)10-27-11-18-20(22(27)28)14(23)9-17(26-18)21-15(24)4-3-5-16(21)25;1-11(28)26-14-6-5-13(24-9-14)7-12-8-17(20-15(22)3-2-4-16(20)23)27-18-10-25-21(29)19(12)18;1-5(11)9-6-2-3-7(8-4-6)10(12)13;1-5(11)10-6-2-3-7(8)9-4-6;6-4-1-2-5(7-3-4)8(9)10;1-2(3)4/h4-10,12-14H,11,15-16H2,1-3H3,(H,34,37);3-9H,10-11H2,1-2H3;2-6,8-9H,7,10H2,1H3,(H,25,29)(H,26,28);2-4H,1H3,(H,9,11);2-4H,1H3,(H2,8,9)(H,10,11);1-3H;1H3,(H2,3,4). The van der Waals surface area contributed by atoms with Gasteiger partial charge in [0.15, 0.2) is 12.4 Å². The van der Waals surface area contributed by atoms with Crippen molar-refractivity contribution in [2.45, 2.75) is 80.2 Å². The Bertz CT molecular complexity index is 6650. The van der Waals surface area contributed by atoms with Crippen molar-refractivity contribution in [2.24, 2.45) is 5.73 Å². The summed E-state index contributed by atoms with van der Waals surface area (Å²) in [6.45, 7) is 7.88. The van der Waals surface area contributed by atoms with Gasteiger partial charge in [-0.2, -0.15) is 0 Å². The second-order valence-electron chi connectivity index (χ2n) is 29.4. The lowest BCUT2D eigenvalue weighted by molar-refractivity contribution is -0.389. The largest absolute Gasteiger partial charge is 0.497 e. The number of nitrogen functional groups attached to an aromatic ring is 1. The van der Waals surface area contributed by atoms with Crippen molar-refractivity contribution in [3.05, 3.63) is 333 Å². The molecule has 3 aliphatic heterocycles. The third-order valence-corrected chi connectivity index (χ3v) is 20.2. The molecule has 13 aromatic rings. The van der Waals surface area contributed by atoms with E-state index in [1.807, 2.05) is 12.1 Å². The Morgan fingerprint density at radius 1 is 0.445 bits per heavy atom. The van der Waals surface area contributed by atoms with Gasteiger partial charge in [0, 0.05) is 94.2 Å². The van der Waals surface area contributed by atoms with E-state index in [2.05, 4.69) is 88.1 Å². The van der Waals surface area contributed by atoms with Crippen molar-refractivity contribution < 1.29 is 93.5 Å². The number of pyridine rings is 8. The van der Waals surface area contributed by atoms with Crippen LogP contribution in [0.4, 0.5) is 66.5 Å². The normalized spacial score (nSPS) is 11.5. The van der Waals surface area contributed by atoms with Gasteiger partial charge in [0.2, 0.25) is 29.5 Å². The number of rotatable bonds is 21. The number of anilines is 5. The molecule has 0 fully saturated rings. The van der Waals surface area contributed by atoms with E-state index >= 15 is 0 Å². The molecule has 706 valence electrons. The molecule has 43 heteroatoms. The lowest BCUT2D eigenvalue weighted by Crippen LogP contribution is -2.24. The number of nitrogens with one attached hydrogen (secondary N) is 5. The number of aromatic nitrogens is 8. The Morgan fingerprint density at radius 2 is 0.803 bits per heavy atom. The van der Waals surface area contributed by atoms with Gasteiger partial charge in [0.25, 0.3) is 17.7 Å². The number of halogens is 8. The summed E-state index contributed by atoms with van der Waals surface area (Å²) < 4.78 is 108. The van der Waals surface area contributed by atoms with Gasteiger partial charge in [0.1, 0.15) is 63.7 Å². The molecule has 11 heterocycles. The van der Waals surface area contributed by atoms with E-state index in [-0.39, 0.29) is 149 Å². The van der Waals surface area contributed by atoms with Crippen molar-refractivity contribution in [3.8, 4) is 56.8 Å². The van der Waals surface area contributed by atoms with Crippen molar-refractivity contribution in [3.63, 3.8) is 0 Å².